The number of hydrogen-bond acceptors (Lipinski definition) is 5. The average Bonchev–Trinajstić information content (AvgIpc) is 2.83. The van der Waals surface area contributed by atoms with E-state index in [1.54, 1.807) is 18.5 Å². The van der Waals surface area contributed by atoms with Crippen molar-refractivity contribution in [2.75, 3.05) is 5.32 Å². The Kier molecular flexibility index (Phi) is 2.99. The van der Waals surface area contributed by atoms with Crippen LogP contribution in [0.1, 0.15) is 18.8 Å². The summed E-state index contributed by atoms with van der Waals surface area (Å²) in [6.45, 7) is 1.93. The zero-order chi connectivity index (χ0) is 12.3. The van der Waals surface area contributed by atoms with Gasteiger partial charge < -0.3 is 20.4 Å². The van der Waals surface area contributed by atoms with E-state index in [9.17, 15) is 10.1 Å². The van der Waals surface area contributed by atoms with Crippen molar-refractivity contribution in [3.63, 3.8) is 0 Å². The second-order valence-electron chi connectivity index (χ2n) is 3.50. The first-order chi connectivity index (χ1) is 8.16. The summed E-state index contributed by atoms with van der Waals surface area (Å²) < 4.78 is 0. The smallest absolute Gasteiger partial charge is 0.363 e. The molecule has 2 aromatic heterocycles. The van der Waals surface area contributed by atoms with Gasteiger partial charge >= 0.3 is 5.82 Å². The van der Waals surface area contributed by atoms with Crippen LogP contribution in [0.5, 0.6) is 0 Å². The standard InChI is InChI=1S/C10H11N5O2/c1-7(10-11-4-5-12-10)14-8-2-3-9(13-6-8)15(16)17/h2-7,14H,1H3,(H,11,12). The van der Waals surface area contributed by atoms with Crippen LogP contribution in [0.3, 0.4) is 0 Å². The van der Waals surface area contributed by atoms with Crippen molar-refractivity contribution in [2.45, 2.75) is 13.0 Å². The molecule has 0 saturated carbocycles. The SMILES string of the molecule is CC(Nc1ccc([N+](=O)[O-])nc1)c1ncc[nH]1. The van der Waals surface area contributed by atoms with Crippen LogP contribution >= 0.6 is 0 Å². The van der Waals surface area contributed by atoms with Crippen molar-refractivity contribution < 1.29 is 4.92 Å². The zero-order valence-corrected chi connectivity index (χ0v) is 9.12. The number of aromatic amines is 1. The van der Waals surface area contributed by atoms with E-state index in [2.05, 4.69) is 20.3 Å². The molecule has 2 rings (SSSR count). The van der Waals surface area contributed by atoms with Gasteiger partial charge in [0.05, 0.1) is 11.7 Å². The summed E-state index contributed by atoms with van der Waals surface area (Å²) in [7, 11) is 0. The second-order valence-corrected chi connectivity index (χ2v) is 3.50. The topological polar surface area (TPSA) is 96.7 Å². The maximum atomic E-state index is 10.4. The fourth-order valence-corrected chi connectivity index (χ4v) is 1.41. The Morgan fingerprint density at radius 2 is 2.29 bits per heavy atom. The molecule has 0 spiro atoms. The molecule has 0 aliphatic rings. The van der Waals surface area contributed by atoms with Gasteiger partial charge in [-0.3, -0.25) is 0 Å². The monoisotopic (exact) mass is 233 g/mol. The summed E-state index contributed by atoms with van der Waals surface area (Å²) in [6, 6.07) is 2.95. The first-order valence-corrected chi connectivity index (χ1v) is 5.03. The van der Waals surface area contributed by atoms with Crippen molar-refractivity contribution in [3.05, 3.63) is 46.7 Å². The van der Waals surface area contributed by atoms with Crippen LogP contribution in [-0.2, 0) is 0 Å². The lowest BCUT2D eigenvalue weighted by atomic mass is 10.3. The predicted molar refractivity (Wildman–Crippen MR) is 61.5 cm³/mol. The van der Waals surface area contributed by atoms with Crippen LogP contribution in [0.25, 0.3) is 0 Å². The number of nitrogens with zero attached hydrogens (tertiary/aromatic N) is 3. The van der Waals surface area contributed by atoms with Crippen LogP contribution in [-0.4, -0.2) is 19.9 Å². The summed E-state index contributed by atoms with van der Waals surface area (Å²) in [5.74, 6) is 0.629. The minimum atomic E-state index is -0.528. The van der Waals surface area contributed by atoms with Gasteiger partial charge in [0.25, 0.3) is 0 Å². The highest BCUT2D eigenvalue weighted by atomic mass is 16.6. The van der Waals surface area contributed by atoms with Crippen molar-refractivity contribution in [3.8, 4) is 0 Å². The zero-order valence-electron chi connectivity index (χ0n) is 9.12. The first-order valence-electron chi connectivity index (χ1n) is 5.03. The number of nitro groups is 1. The quantitative estimate of drug-likeness (QED) is 0.620. The summed E-state index contributed by atoms with van der Waals surface area (Å²) in [6.07, 6.45) is 4.83. The summed E-state index contributed by atoms with van der Waals surface area (Å²) in [5.41, 5.74) is 0.708. The lowest BCUT2D eigenvalue weighted by Crippen LogP contribution is -2.08. The molecular formula is C10H11N5O2. The maximum Gasteiger partial charge on any atom is 0.363 e. The molecule has 2 heterocycles. The summed E-state index contributed by atoms with van der Waals surface area (Å²) >= 11 is 0. The Hall–Kier alpha value is -2.44. The molecule has 17 heavy (non-hydrogen) atoms. The third-order valence-electron chi connectivity index (χ3n) is 2.25. The molecule has 0 amide bonds. The Labute approximate surface area is 97.1 Å². The molecule has 0 fully saturated rings. The third-order valence-corrected chi connectivity index (χ3v) is 2.25. The number of rotatable bonds is 4. The Morgan fingerprint density at radius 3 is 2.82 bits per heavy atom. The van der Waals surface area contributed by atoms with Crippen molar-refractivity contribution in [1.29, 1.82) is 0 Å². The molecule has 0 aliphatic carbocycles. The molecule has 2 aromatic rings. The van der Waals surface area contributed by atoms with Gasteiger partial charge in [-0.2, -0.15) is 0 Å². The van der Waals surface area contributed by atoms with E-state index in [1.807, 2.05) is 6.92 Å². The van der Waals surface area contributed by atoms with Crippen LogP contribution in [0.15, 0.2) is 30.7 Å². The minimum Gasteiger partial charge on any atom is -0.372 e. The summed E-state index contributed by atoms with van der Waals surface area (Å²) in [5, 5.41) is 13.6. The summed E-state index contributed by atoms with van der Waals surface area (Å²) in [4.78, 5) is 20.7. The van der Waals surface area contributed by atoms with E-state index in [1.165, 1.54) is 12.3 Å². The van der Waals surface area contributed by atoms with E-state index in [0.717, 1.165) is 5.82 Å². The molecule has 1 unspecified atom stereocenters. The van der Waals surface area contributed by atoms with Crippen molar-refractivity contribution in [2.24, 2.45) is 0 Å². The largest absolute Gasteiger partial charge is 0.372 e. The molecular weight excluding hydrogens is 222 g/mol. The number of H-pyrrole nitrogens is 1. The normalized spacial score (nSPS) is 12.1. The van der Waals surface area contributed by atoms with Crippen molar-refractivity contribution in [1.82, 2.24) is 15.0 Å². The van der Waals surface area contributed by atoms with Gasteiger partial charge in [-0.15, -0.1) is 0 Å². The maximum absolute atomic E-state index is 10.4. The first kappa shape index (κ1) is 11.1. The fraction of sp³-hybridized carbons (Fsp3) is 0.200. The predicted octanol–water partition coefficient (Wildman–Crippen LogP) is 1.89. The number of anilines is 1. The number of imidazole rings is 1. The molecule has 0 radical (unpaired) electrons. The molecule has 7 nitrogen and oxygen atoms in total. The highest BCUT2D eigenvalue weighted by molar-refractivity contribution is 5.44. The molecule has 7 heteroatoms. The number of aromatic nitrogens is 3. The van der Waals surface area contributed by atoms with Gasteiger partial charge in [-0.25, -0.2) is 4.98 Å². The van der Waals surface area contributed by atoms with Crippen LogP contribution in [0, 0.1) is 10.1 Å². The van der Waals surface area contributed by atoms with E-state index in [4.69, 9.17) is 0 Å². The molecule has 0 aliphatic heterocycles. The van der Waals surface area contributed by atoms with Gasteiger partial charge in [0.1, 0.15) is 5.82 Å². The van der Waals surface area contributed by atoms with Gasteiger partial charge in [0.2, 0.25) is 0 Å². The van der Waals surface area contributed by atoms with Crippen molar-refractivity contribution >= 4 is 11.5 Å². The molecule has 2 N–H and O–H groups in total. The van der Waals surface area contributed by atoms with Crippen LogP contribution < -0.4 is 5.32 Å². The van der Waals surface area contributed by atoms with Gasteiger partial charge in [0, 0.05) is 18.5 Å². The Balaban J connectivity index is 2.06. The van der Waals surface area contributed by atoms with Crippen LogP contribution in [0.2, 0.25) is 0 Å². The number of hydrogen-bond donors (Lipinski definition) is 2. The molecule has 0 bridgehead atoms. The molecule has 88 valence electrons. The number of pyridine rings is 1. The Morgan fingerprint density at radius 1 is 1.47 bits per heavy atom. The average molecular weight is 233 g/mol. The van der Waals surface area contributed by atoms with E-state index < -0.39 is 4.92 Å². The fourth-order valence-electron chi connectivity index (χ4n) is 1.41. The van der Waals surface area contributed by atoms with Gasteiger partial charge in [0.15, 0.2) is 6.20 Å². The Bertz CT molecular complexity index is 494. The third kappa shape index (κ3) is 2.57. The number of nitrogens with one attached hydrogen (secondary N) is 2. The van der Waals surface area contributed by atoms with Gasteiger partial charge in [-0.05, 0) is 22.9 Å². The highest BCUT2D eigenvalue weighted by Gasteiger charge is 2.10. The van der Waals surface area contributed by atoms with E-state index >= 15 is 0 Å². The highest BCUT2D eigenvalue weighted by Crippen LogP contribution is 2.17. The van der Waals surface area contributed by atoms with E-state index in [0.29, 0.717) is 5.69 Å². The molecule has 1 atom stereocenters. The van der Waals surface area contributed by atoms with Crippen LogP contribution in [0.4, 0.5) is 11.5 Å². The van der Waals surface area contributed by atoms with Gasteiger partial charge in [-0.1, -0.05) is 0 Å². The molecule has 0 saturated heterocycles. The van der Waals surface area contributed by atoms with E-state index in [-0.39, 0.29) is 11.9 Å². The minimum absolute atomic E-state index is 0.0201. The second kappa shape index (κ2) is 4.60. The lowest BCUT2D eigenvalue weighted by Gasteiger charge is -2.11. The molecule has 0 aromatic carbocycles. The lowest BCUT2D eigenvalue weighted by molar-refractivity contribution is -0.389.